The number of hydrogen-bond donors (Lipinski definition) is 0. The fourth-order valence-electron chi connectivity index (χ4n) is 7.58. The molecule has 0 atom stereocenters. The van der Waals surface area contributed by atoms with Crippen molar-refractivity contribution in [2.45, 2.75) is 67.2 Å². The highest BCUT2D eigenvalue weighted by atomic mass is 15.1. The number of rotatable bonds is 10. The lowest BCUT2D eigenvalue weighted by molar-refractivity contribution is 0.634. The van der Waals surface area contributed by atoms with E-state index in [2.05, 4.69) is 223 Å². The summed E-state index contributed by atoms with van der Waals surface area (Å²) in [4.78, 5) is 4.68. The van der Waals surface area contributed by atoms with Crippen LogP contribution in [0.25, 0.3) is 0 Å². The van der Waals surface area contributed by atoms with Crippen LogP contribution in [0, 0.1) is 41.5 Å². The molecule has 0 fully saturated rings. The van der Waals surface area contributed by atoms with Gasteiger partial charge in [-0.05, 0) is 154 Å². The van der Waals surface area contributed by atoms with Gasteiger partial charge in [-0.15, -0.1) is 0 Å². The van der Waals surface area contributed by atoms with Gasteiger partial charge in [-0.2, -0.15) is 0 Å². The molecule has 0 aromatic heterocycles. The summed E-state index contributed by atoms with van der Waals surface area (Å²) in [5.74, 6) is 0. The van der Waals surface area contributed by atoms with Crippen molar-refractivity contribution in [3.63, 3.8) is 0 Å². The molecule has 0 aliphatic carbocycles. The first-order valence-electron chi connectivity index (χ1n) is 19.1. The fourth-order valence-corrected chi connectivity index (χ4v) is 7.58. The Morgan fingerprint density at radius 3 is 1.02 bits per heavy atom. The third-order valence-electron chi connectivity index (χ3n) is 11.2. The summed E-state index contributed by atoms with van der Waals surface area (Å²) in [6, 6.07) is 58.1. The van der Waals surface area contributed by atoms with E-state index < -0.39 is 0 Å². The molecule has 0 aliphatic heterocycles. The molecule has 7 rings (SSSR count). The Balaban J connectivity index is 1.13. The minimum atomic E-state index is -0.165. The van der Waals surface area contributed by atoms with Crippen molar-refractivity contribution >= 4 is 34.1 Å². The Morgan fingerprint density at radius 2 is 0.667 bits per heavy atom. The van der Waals surface area contributed by atoms with Crippen molar-refractivity contribution in [3.8, 4) is 0 Å². The van der Waals surface area contributed by atoms with Crippen LogP contribution in [-0.2, 0) is 11.8 Å². The van der Waals surface area contributed by atoms with Gasteiger partial charge in [-0.1, -0.05) is 121 Å². The summed E-state index contributed by atoms with van der Waals surface area (Å²) in [5, 5.41) is 0. The highest BCUT2D eigenvalue weighted by Gasteiger charge is 2.27. The van der Waals surface area contributed by atoms with Crippen molar-refractivity contribution in [3.05, 3.63) is 213 Å². The summed E-state index contributed by atoms with van der Waals surface area (Å²) < 4.78 is 0. The van der Waals surface area contributed by atoms with Crippen LogP contribution in [0.15, 0.2) is 158 Å². The lowest BCUT2D eigenvalue weighted by atomic mass is 9.74. The first kappa shape index (κ1) is 36.5. The molecule has 2 nitrogen and oxygen atoms in total. The van der Waals surface area contributed by atoms with Crippen LogP contribution in [0.2, 0.25) is 0 Å². The van der Waals surface area contributed by atoms with Gasteiger partial charge in [0.25, 0.3) is 0 Å². The van der Waals surface area contributed by atoms with Crippen LogP contribution in [0.3, 0.4) is 0 Å². The van der Waals surface area contributed by atoms with E-state index in [-0.39, 0.29) is 5.41 Å². The Bertz CT molecular complexity index is 2240. The lowest BCUT2D eigenvalue weighted by Gasteiger charge is -2.31. The smallest absolute Gasteiger partial charge is 0.0461 e. The second-order valence-corrected chi connectivity index (χ2v) is 15.6. The largest absolute Gasteiger partial charge is 0.311 e. The average molecular weight is 705 g/mol. The molecule has 0 heterocycles. The quantitative estimate of drug-likeness (QED) is 0.140. The molecule has 7 aromatic rings. The Labute approximate surface area is 323 Å². The second kappa shape index (κ2) is 15.2. The number of benzene rings is 7. The average Bonchev–Trinajstić information content (AvgIpc) is 3.17. The minimum Gasteiger partial charge on any atom is -0.311 e. The molecule has 0 amide bonds. The van der Waals surface area contributed by atoms with E-state index in [1.165, 1.54) is 55.6 Å². The molecular weight excluding hydrogens is 653 g/mol. The van der Waals surface area contributed by atoms with Crippen molar-refractivity contribution in [1.29, 1.82) is 0 Å². The fraction of sp³-hybridized carbons (Fsp3) is 0.192. The lowest BCUT2D eigenvalue weighted by Crippen LogP contribution is -2.21. The number of nitrogens with zero attached hydrogens (tertiary/aromatic N) is 2. The minimum absolute atomic E-state index is 0.165. The predicted molar refractivity (Wildman–Crippen MR) is 232 cm³/mol. The van der Waals surface area contributed by atoms with Crippen LogP contribution < -0.4 is 9.80 Å². The summed E-state index contributed by atoms with van der Waals surface area (Å²) >= 11 is 0. The molecule has 0 saturated heterocycles. The highest BCUT2D eigenvalue weighted by Crippen LogP contribution is 2.40. The predicted octanol–water partition coefficient (Wildman–Crippen LogP) is 14.4. The van der Waals surface area contributed by atoms with E-state index in [0.29, 0.717) is 0 Å². The number of aryl methyl sites for hydroxylation is 4. The molecule has 0 radical (unpaired) electrons. The standard InChI is InChI=1S/C52H52N2/c1-36-9-22-45(23-10-36)53(46-24-11-37(2)12-25-46)49-30-17-42(18-31-49)35-43-19-34-51(41(6)40(43)5)52(7,8)44-20-32-50(33-21-44)54(47-26-13-38(3)14-27-47)48-28-15-39(4)16-29-48/h9-34H,35H2,1-8H3. The van der Waals surface area contributed by atoms with Gasteiger partial charge in [-0.25, -0.2) is 0 Å². The van der Waals surface area contributed by atoms with E-state index in [9.17, 15) is 0 Å². The van der Waals surface area contributed by atoms with Crippen LogP contribution in [0.5, 0.6) is 0 Å². The topological polar surface area (TPSA) is 6.48 Å². The molecule has 0 bridgehead atoms. The molecule has 7 aromatic carbocycles. The molecule has 0 N–H and O–H groups in total. The van der Waals surface area contributed by atoms with Gasteiger partial charge in [0.05, 0.1) is 0 Å². The van der Waals surface area contributed by atoms with Crippen molar-refractivity contribution in [2.75, 3.05) is 9.80 Å². The summed E-state index contributed by atoms with van der Waals surface area (Å²) in [6.45, 7) is 17.8. The Hall–Kier alpha value is -5.86. The second-order valence-electron chi connectivity index (χ2n) is 15.6. The summed E-state index contributed by atoms with van der Waals surface area (Å²) in [7, 11) is 0. The van der Waals surface area contributed by atoms with E-state index in [1.807, 2.05) is 0 Å². The Kier molecular flexibility index (Phi) is 10.3. The van der Waals surface area contributed by atoms with Crippen molar-refractivity contribution in [2.24, 2.45) is 0 Å². The molecule has 0 saturated carbocycles. The number of anilines is 6. The van der Waals surface area contributed by atoms with Crippen LogP contribution >= 0.6 is 0 Å². The van der Waals surface area contributed by atoms with Gasteiger partial charge >= 0.3 is 0 Å². The third-order valence-corrected chi connectivity index (χ3v) is 11.2. The van der Waals surface area contributed by atoms with Gasteiger partial charge in [0, 0.05) is 39.5 Å². The van der Waals surface area contributed by atoms with Crippen LogP contribution in [0.4, 0.5) is 34.1 Å². The zero-order valence-corrected chi connectivity index (χ0v) is 33.1. The summed E-state index contributed by atoms with van der Waals surface area (Å²) in [5.41, 5.74) is 19.9. The monoisotopic (exact) mass is 704 g/mol. The molecule has 0 unspecified atom stereocenters. The zero-order valence-electron chi connectivity index (χ0n) is 33.1. The van der Waals surface area contributed by atoms with Gasteiger partial charge in [0.15, 0.2) is 0 Å². The van der Waals surface area contributed by atoms with Gasteiger partial charge < -0.3 is 9.80 Å². The van der Waals surface area contributed by atoms with E-state index in [0.717, 1.165) is 40.5 Å². The normalized spacial score (nSPS) is 11.4. The molecule has 0 spiro atoms. The van der Waals surface area contributed by atoms with E-state index in [1.54, 1.807) is 0 Å². The van der Waals surface area contributed by atoms with Crippen LogP contribution in [-0.4, -0.2) is 0 Å². The maximum atomic E-state index is 2.36. The van der Waals surface area contributed by atoms with Crippen molar-refractivity contribution in [1.82, 2.24) is 0 Å². The summed E-state index contributed by atoms with van der Waals surface area (Å²) in [6.07, 6.45) is 0.894. The molecular formula is C52H52N2. The molecule has 2 heteroatoms. The first-order chi connectivity index (χ1) is 26.0. The zero-order chi connectivity index (χ0) is 38.0. The van der Waals surface area contributed by atoms with E-state index in [4.69, 9.17) is 0 Å². The highest BCUT2D eigenvalue weighted by molar-refractivity contribution is 5.78. The SMILES string of the molecule is Cc1ccc(N(c2ccc(C)cc2)c2ccc(Cc3ccc(C(C)(C)c4ccc(N(c5ccc(C)cc5)c5ccc(C)cc5)cc4)c(C)c3C)cc2)cc1. The number of hydrogen-bond acceptors (Lipinski definition) is 2. The molecule has 0 aliphatic rings. The maximum absolute atomic E-state index is 2.36. The first-order valence-corrected chi connectivity index (χ1v) is 19.1. The van der Waals surface area contributed by atoms with Crippen molar-refractivity contribution < 1.29 is 0 Å². The third kappa shape index (κ3) is 7.61. The Morgan fingerprint density at radius 1 is 0.352 bits per heavy atom. The maximum Gasteiger partial charge on any atom is 0.0461 e. The van der Waals surface area contributed by atoms with Gasteiger partial charge in [0.2, 0.25) is 0 Å². The molecule has 270 valence electrons. The van der Waals surface area contributed by atoms with E-state index >= 15 is 0 Å². The molecule has 54 heavy (non-hydrogen) atoms. The van der Waals surface area contributed by atoms with Gasteiger partial charge in [0.1, 0.15) is 0 Å². The van der Waals surface area contributed by atoms with Crippen LogP contribution in [0.1, 0.15) is 69.5 Å². The van der Waals surface area contributed by atoms with Gasteiger partial charge in [-0.3, -0.25) is 0 Å².